The standard InChI is InChI=1S/C29H27N2O.C19H22N.Ir/c1-17(2)22-13-14-30-25(16-22)23-7-6-8-24-27-26(32-29(23)24)15-19(4)31-28(27)20(5)21-11-9-18(3)10-12-21;1-15-14-20-19(17-10-6-3-7-11-17)13-18(15)12-16-8-4-2-5-9-16;/h6,8-17,20H,1-5H3;3,6-7,10,13-14,16H,2,4-5,8-9,12H2,1H3;/q2*-1;. The molecule has 1 aliphatic rings. The number of pyridine rings is 3. The van der Waals surface area contributed by atoms with E-state index >= 15 is 0 Å². The summed E-state index contributed by atoms with van der Waals surface area (Å²) in [6, 6.07) is 36.0. The number of aryl methyl sites for hydroxylation is 3. The SMILES string of the molecule is Cc1ccc(C(C)c2nc(C)cc3oc4c(-c5cc(C(C)C)ccn5)[c-]ccc4c23)cc1.Cc1cnc(-c2[c-]cccc2)cc1CC1CCCCC1.[Ir]. The van der Waals surface area contributed by atoms with Crippen molar-refractivity contribution < 1.29 is 24.5 Å². The summed E-state index contributed by atoms with van der Waals surface area (Å²) >= 11 is 0. The summed E-state index contributed by atoms with van der Waals surface area (Å²) in [6.45, 7) is 12.9. The van der Waals surface area contributed by atoms with Gasteiger partial charge < -0.3 is 14.4 Å². The topological polar surface area (TPSA) is 51.8 Å². The van der Waals surface area contributed by atoms with E-state index in [1.54, 1.807) is 0 Å². The molecule has 0 N–H and O–H groups in total. The Morgan fingerprint density at radius 3 is 2.32 bits per heavy atom. The fourth-order valence-electron chi connectivity index (χ4n) is 7.56. The zero-order valence-electron chi connectivity index (χ0n) is 31.8. The Morgan fingerprint density at radius 2 is 1.58 bits per heavy atom. The van der Waals surface area contributed by atoms with Crippen molar-refractivity contribution in [1.82, 2.24) is 15.0 Å². The van der Waals surface area contributed by atoms with Crippen LogP contribution in [0.2, 0.25) is 0 Å². The maximum atomic E-state index is 6.45. The molecule has 53 heavy (non-hydrogen) atoms. The van der Waals surface area contributed by atoms with Crippen molar-refractivity contribution in [2.24, 2.45) is 5.92 Å². The molecule has 4 aromatic heterocycles. The monoisotopic (exact) mass is 876 g/mol. The molecule has 8 rings (SSSR count). The van der Waals surface area contributed by atoms with Crippen LogP contribution >= 0.6 is 0 Å². The van der Waals surface area contributed by atoms with E-state index < -0.39 is 0 Å². The van der Waals surface area contributed by atoms with Crippen LogP contribution in [-0.4, -0.2) is 15.0 Å². The Morgan fingerprint density at radius 1 is 0.792 bits per heavy atom. The van der Waals surface area contributed by atoms with E-state index in [0.717, 1.165) is 61.8 Å². The minimum atomic E-state index is 0. The first kappa shape index (κ1) is 38.3. The average Bonchev–Trinajstić information content (AvgIpc) is 3.55. The third-order valence-electron chi connectivity index (χ3n) is 10.7. The summed E-state index contributed by atoms with van der Waals surface area (Å²) in [5, 5.41) is 2.14. The largest absolute Gasteiger partial charge is 0.500 e. The van der Waals surface area contributed by atoms with Gasteiger partial charge in [0.15, 0.2) is 0 Å². The number of fused-ring (bicyclic) bond motifs is 3. The first-order chi connectivity index (χ1) is 25.2. The van der Waals surface area contributed by atoms with E-state index in [2.05, 4.69) is 111 Å². The number of hydrogen-bond acceptors (Lipinski definition) is 4. The Bertz CT molecular complexity index is 2290. The molecule has 3 aromatic carbocycles. The maximum absolute atomic E-state index is 6.45. The summed E-state index contributed by atoms with van der Waals surface area (Å²) in [7, 11) is 0. The van der Waals surface area contributed by atoms with Crippen molar-refractivity contribution in [2.45, 2.75) is 91.9 Å². The Balaban J connectivity index is 0.000000197. The molecule has 0 saturated heterocycles. The molecule has 273 valence electrons. The zero-order valence-corrected chi connectivity index (χ0v) is 34.2. The van der Waals surface area contributed by atoms with E-state index in [4.69, 9.17) is 9.40 Å². The molecule has 4 heterocycles. The minimum Gasteiger partial charge on any atom is -0.500 e. The molecule has 0 bridgehead atoms. The normalized spacial score (nSPS) is 13.8. The summed E-state index contributed by atoms with van der Waals surface area (Å²) in [6.07, 6.45) is 12.2. The van der Waals surface area contributed by atoms with Crippen molar-refractivity contribution in [3.63, 3.8) is 0 Å². The van der Waals surface area contributed by atoms with Crippen LogP contribution in [0.15, 0.2) is 102 Å². The zero-order chi connectivity index (χ0) is 36.2. The van der Waals surface area contributed by atoms with Crippen LogP contribution in [0, 0.1) is 38.8 Å². The van der Waals surface area contributed by atoms with Gasteiger partial charge in [-0.2, -0.15) is 0 Å². The first-order valence-electron chi connectivity index (χ1n) is 18.9. The molecule has 1 atom stereocenters. The summed E-state index contributed by atoms with van der Waals surface area (Å²) in [5.74, 6) is 1.45. The summed E-state index contributed by atoms with van der Waals surface area (Å²) < 4.78 is 6.45. The van der Waals surface area contributed by atoms with Gasteiger partial charge in [0.1, 0.15) is 5.58 Å². The van der Waals surface area contributed by atoms with Gasteiger partial charge in [-0.05, 0) is 67.6 Å². The molecule has 1 unspecified atom stereocenters. The van der Waals surface area contributed by atoms with Crippen LogP contribution in [0.4, 0.5) is 0 Å². The molecule has 5 heteroatoms. The van der Waals surface area contributed by atoms with Crippen LogP contribution in [0.3, 0.4) is 0 Å². The number of benzene rings is 3. The van der Waals surface area contributed by atoms with E-state index in [1.165, 1.54) is 66.3 Å². The van der Waals surface area contributed by atoms with Crippen molar-refractivity contribution in [3.8, 4) is 22.5 Å². The van der Waals surface area contributed by atoms with Crippen LogP contribution in [0.25, 0.3) is 44.5 Å². The molecular weight excluding hydrogens is 827 g/mol. The second-order valence-corrected chi connectivity index (χ2v) is 15.0. The molecule has 1 radical (unpaired) electrons. The van der Waals surface area contributed by atoms with Gasteiger partial charge in [0, 0.05) is 55.6 Å². The Hall–Kier alpha value is -4.44. The van der Waals surface area contributed by atoms with Gasteiger partial charge in [0.05, 0.1) is 11.3 Å². The van der Waals surface area contributed by atoms with Crippen molar-refractivity contribution >= 4 is 21.9 Å². The number of nitrogens with zero attached hydrogens (tertiary/aromatic N) is 3. The second kappa shape index (κ2) is 17.1. The van der Waals surface area contributed by atoms with Crippen LogP contribution in [-0.2, 0) is 26.5 Å². The molecule has 7 aromatic rings. The number of rotatable bonds is 7. The van der Waals surface area contributed by atoms with E-state index in [1.807, 2.05) is 49.6 Å². The predicted molar refractivity (Wildman–Crippen MR) is 215 cm³/mol. The smallest absolute Gasteiger partial charge is 0.124 e. The summed E-state index contributed by atoms with van der Waals surface area (Å²) in [5.41, 5.74) is 14.2. The van der Waals surface area contributed by atoms with E-state index in [-0.39, 0.29) is 26.0 Å². The molecule has 0 spiro atoms. The average molecular weight is 876 g/mol. The van der Waals surface area contributed by atoms with Crippen LogP contribution < -0.4 is 0 Å². The molecule has 1 saturated carbocycles. The fraction of sp³-hybridized carbons (Fsp3) is 0.312. The number of hydrogen-bond donors (Lipinski definition) is 0. The molecule has 0 aliphatic heterocycles. The van der Waals surface area contributed by atoms with Crippen molar-refractivity contribution in [2.75, 3.05) is 0 Å². The molecule has 1 fully saturated rings. The third kappa shape index (κ3) is 8.69. The number of furan rings is 1. The van der Waals surface area contributed by atoms with Gasteiger partial charge in [-0.25, -0.2) is 0 Å². The van der Waals surface area contributed by atoms with Crippen molar-refractivity contribution in [1.29, 1.82) is 0 Å². The Kier molecular flexibility index (Phi) is 12.4. The van der Waals surface area contributed by atoms with Gasteiger partial charge in [0.25, 0.3) is 0 Å². The van der Waals surface area contributed by atoms with E-state index in [9.17, 15) is 0 Å². The molecule has 0 amide bonds. The van der Waals surface area contributed by atoms with Gasteiger partial charge in [-0.3, -0.25) is 4.98 Å². The second-order valence-electron chi connectivity index (χ2n) is 15.0. The third-order valence-corrected chi connectivity index (χ3v) is 10.7. The molecular formula is C48H49IrN3O-2. The van der Waals surface area contributed by atoms with Gasteiger partial charge in [-0.15, -0.1) is 54.1 Å². The molecule has 4 nitrogen and oxygen atoms in total. The van der Waals surface area contributed by atoms with Gasteiger partial charge in [0.2, 0.25) is 0 Å². The molecule has 1 aliphatic carbocycles. The first-order valence-corrected chi connectivity index (χ1v) is 18.9. The van der Waals surface area contributed by atoms with Gasteiger partial charge >= 0.3 is 0 Å². The van der Waals surface area contributed by atoms with Crippen LogP contribution in [0.5, 0.6) is 0 Å². The predicted octanol–water partition coefficient (Wildman–Crippen LogP) is 12.7. The maximum Gasteiger partial charge on any atom is 0.124 e. The van der Waals surface area contributed by atoms with Gasteiger partial charge in [-0.1, -0.05) is 117 Å². The van der Waals surface area contributed by atoms with E-state index in [0.29, 0.717) is 5.92 Å². The fourth-order valence-corrected chi connectivity index (χ4v) is 7.56. The van der Waals surface area contributed by atoms with Crippen LogP contribution in [0.1, 0.15) is 104 Å². The Labute approximate surface area is 328 Å². The van der Waals surface area contributed by atoms with Crippen molar-refractivity contribution in [3.05, 3.63) is 149 Å². The number of aromatic nitrogens is 3. The quantitative estimate of drug-likeness (QED) is 0.150. The minimum absolute atomic E-state index is 0. The summed E-state index contributed by atoms with van der Waals surface area (Å²) in [4.78, 5) is 14.2.